The number of aryl methyl sites for hydroxylation is 2. The normalized spacial score (nSPS) is 12.5. The van der Waals surface area contributed by atoms with Crippen LogP contribution in [-0.2, 0) is 0 Å². The van der Waals surface area contributed by atoms with Crippen molar-refractivity contribution in [1.29, 1.82) is 0 Å². The van der Waals surface area contributed by atoms with E-state index in [9.17, 15) is 0 Å². The van der Waals surface area contributed by atoms with E-state index in [0.29, 0.717) is 0 Å². The molecule has 13 heavy (non-hydrogen) atoms. The quantitative estimate of drug-likeness (QED) is 0.702. The van der Waals surface area contributed by atoms with Crippen molar-refractivity contribution in [1.82, 2.24) is 0 Å². The molecular formula is C12H17N. The summed E-state index contributed by atoms with van der Waals surface area (Å²) in [5.74, 6) is 0. The Bertz CT molecular complexity index is 282. The predicted octanol–water partition coefficient (Wildman–Crippen LogP) is 2.88. The van der Waals surface area contributed by atoms with Gasteiger partial charge in [-0.1, -0.05) is 24.3 Å². The maximum atomic E-state index is 6.04. The molecule has 0 saturated heterocycles. The number of hydrogen-bond donors (Lipinski definition) is 1. The second-order valence-electron chi connectivity index (χ2n) is 3.44. The fourth-order valence-electron chi connectivity index (χ4n) is 1.71. The minimum absolute atomic E-state index is 0.0960. The lowest BCUT2D eigenvalue weighted by Crippen LogP contribution is -2.12. The highest BCUT2D eigenvalue weighted by molar-refractivity contribution is 5.36. The van der Waals surface area contributed by atoms with Gasteiger partial charge >= 0.3 is 0 Å². The number of rotatable bonds is 3. The summed E-state index contributed by atoms with van der Waals surface area (Å²) >= 11 is 0. The van der Waals surface area contributed by atoms with Crippen molar-refractivity contribution in [2.45, 2.75) is 26.3 Å². The summed E-state index contributed by atoms with van der Waals surface area (Å²) in [6, 6.07) is 6.37. The van der Waals surface area contributed by atoms with E-state index in [2.05, 4.69) is 38.6 Å². The fourth-order valence-corrected chi connectivity index (χ4v) is 1.71. The van der Waals surface area contributed by atoms with Crippen LogP contribution in [0.5, 0.6) is 0 Å². The van der Waals surface area contributed by atoms with Crippen LogP contribution in [0, 0.1) is 13.8 Å². The van der Waals surface area contributed by atoms with Gasteiger partial charge in [-0.15, -0.1) is 6.58 Å². The Hall–Kier alpha value is -1.08. The highest BCUT2D eigenvalue weighted by atomic mass is 14.6. The van der Waals surface area contributed by atoms with Crippen LogP contribution in [0.25, 0.3) is 0 Å². The van der Waals surface area contributed by atoms with E-state index in [1.807, 2.05) is 6.08 Å². The highest BCUT2D eigenvalue weighted by Crippen LogP contribution is 2.22. The van der Waals surface area contributed by atoms with Crippen molar-refractivity contribution in [2.24, 2.45) is 5.73 Å². The van der Waals surface area contributed by atoms with E-state index in [4.69, 9.17) is 5.73 Å². The first-order valence-electron chi connectivity index (χ1n) is 4.59. The molecule has 1 nitrogen and oxygen atoms in total. The van der Waals surface area contributed by atoms with E-state index in [1.165, 1.54) is 16.7 Å². The van der Waals surface area contributed by atoms with E-state index in [-0.39, 0.29) is 6.04 Å². The minimum Gasteiger partial charge on any atom is -0.324 e. The van der Waals surface area contributed by atoms with E-state index < -0.39 is 0 Å². The third kappa shape index (κ3) is 2.19. The van der Waals surface area contributed by atoms with Crippen molar-refractivity contribution in [3.63, 3.8) is 0 Å². The third-order valence-electron chi connectivity index (χ3n) is 2.33. The van der Waals surface area contributed by atoms with Gasteiger partial charge in [0, 0.05) is 6.04 Å². The molecule has 0 aliphatic heterocycles. The zero-order valence-corrected chi connectivity index (χ0v) is 8.38. The molecule has 0 unspecified atom stereocenters. The Balaban J connectivity index is 3.04. The molecule has 0 aliphatic carbocycles. The van der Waals surface area contributed by atoms with Gasteiger partial charge in [0.25, 0.3) is 0 Å². The Morgan fingerprint density at radius 3 is 2.38 bits per heavy atom. The molecule has 0 saturated carbocycles. The predicted molar refractivity (Wildman–Crippen MR) is 57.7 cm³/mol. The molecule has 0 fully saturated rings. The van der Waals surface area contributed by atoms with Crippen LogP contribution in [-0.4, -0.2) is 0 Å². The number of benzene rings is 1. The van der Waals surface area contributed by atoms with Gasteiger partial charge in [0.05, 0.1) is 0 Å². The van der Waals surface area contributed by atoms with Gasteiger partial charge in [-0.2, -0.15) is 0 Å². The minimum atomic E-state index is 0.0960. The molecule has 0 radical (unpaired) electrons. The van der Waals surface area contributed by atoms with Gasteiger partial charge in [-0.05, 0) is 37.0 Å². The maximum Gasteiger partial charge on any atom is 0.0334 e. The molecule has 0 bridgehead atoms. The van der Waals surface area contributed by atoms with Crippen LogP contribution >= 0.6 is 0 Å². The van der Waals surface area contributed by atoms with Crippen LogP contribution < -0.4 is 5.73 Å². The lowest BCUT2D eigenvalue weighted by molar-refractivity contribution is 0.730. The SMILES string of the molecule is C=CC[C@@H](N)c1c(C)cccc1C. The molecule has 1 aromatic carbocycles. The van der Waals surface area contributed by atoms with Gasteiger partial charge in [0.15, 0.2) is 0 Å². The maximum absolute atomic E-state index is 6.04. The smallest absolute Gasteiger partial charge is 0.0334 e. The highest BCUT2D eigenvalue weighted by Gasteiger charge is 2.09. The van der Waals surface area contributed by atoms with Crippen LogP contribution in [0.15, 0.2) is 30.9 Å². The molecule has 0 heterocycles. The molecule has 2 N–H and O–H groups in total. The first-order chi connectivity index (χ1) is 6.16. The summed E-state index contributed by atoms with van der Waals surface area (Å²) < 4.78 is 0. The second-order valence-corrected chi connectivity index (χ2v) is 3.44. The molecule has 0 aromatic heterocycles. The summed E-state index contributed by atoms with van der Waals surface area (Å²) in [7, 11) is 0. The van der Waals surface area contributed by atoms with E-state index >= 15 is 0 Å². The lowest BCUT2D eigenvalue weighted by atomic mass is 9.95. The molecule has 1 rings (SSSR count). The second kappa shape index (κ2) is 4.24. The number of nitrogens with two attached hydrogens (primary N) is 1. The van der Waals surface area contributed by atoms with Crippen molar-refractivity contribution < 1.29 is 0 Å². The molecule has 0 spiro atoms. The average Bonchev–Trinajstić information content (AvgIpc) is 2.04. The van der Waals surface area contributed by atoms with Gasteiger partial charge in [-0.3, -0.25) is 0 Å². The van der Waals surface area contributed by atoms with Crippen LogP contribution in [0.3, 0.4) is 0 Å². The molecule has 0 amide bonds. The molecule has 1 heteroatoms. The van der Waals surface area contributed by atoms with Gasteiger partial charge in [0.2, 0.25) is 0 Å². The van der Waals surface area contributed by atoms with E-state index in [1.54, 1.807) is 0 Å². The van der Waals surface area contributed by atoms with Gasteiger partial charge in [-0.25, -0.2) is 0 Å². The van der Waals surface area contributed by atoms with Crippen LogP contribution in [0.1, 0.15) is 29.2 Å². The summed E-state index contributed by atoms with van der Waals surface area (Å²) in [5.41, 5.74) is 9.85. The third-order valence-corrected chi connectivity index (χ3v) is 2.33. The Labute approximate surface area is 80.3 Å². The molecule has 70 valence electrons. The Kier molecular flexibility index (Phi) is 3.26. The summed E-state index contributed by atoms with van der Waals surface area (Å²) in [5, 5.41) is 0. The fraction of sp³-hybridized carbons (Fsp3) is 0.333. The largest absolute Gasteiger partial charge is 0.324 e. The standard InChI is InChI=1S/C12H17N/c1-4-6-11(13)12-9(2)7-5-8-10(12)3/h4-5,7-8,11H,1,6,13H2,2-3H3/t11-/m1/s1. The van der Waals surface area contributed by atoms with Crippen molar-refractivity contribution in [3.05, 3.63) is 47.5 Å². The van der Waals surface area contributed by atoms with Crippen molar-refractivity contribution in [2.75, 3.05) is 0 Å². The lowest BCUT2D eigenvalue weighted by Gasteiger charge is -2.15. The van der Waals surface area contributed by atoms with Crippen LogP contribution in [0.2, 0.25) is 0 Å². The summed E-state index contributed by atoms with van der Waals surface area (Å²) in [6.45, 7) is 7.91. The first-order valence-corrected chi connectivity index (χ1v) is 4.59. The summed E-state index contributed by atoms with van der Waals surface area (Å²) in [6.07, 6.45) is 2.71. The molecular weight excluding hydrogens is 158 g/mol. The number of hydrogen-bond acceptors (Lipinski definition) is 1. The Morgan fingerprint density at radius 2 is 1.92 bits per heavy atom. The van der Waals surface area contributed by atoms with Gasteiger partial charge in [0.1, 0.15) is 0 Å². The molecule has 0 aliphatic rings. The first kappa shape index (κ1) is 10.0. The van der Waals surface area contributed by atoms with Crippen molar-refractivity contribution in [3.8, 4) is 0 Å². The average molecular weight is 175 g/mol. The van der Waals surface area contributed by atoms with Crippen LogP contribution in [0.4, 0.5) is 0 Å². The van der Waals surface area contributed by atoms with Crippen molar-refractivity contribution >= 4 is 0 Å². The topological polar surface area (TPSA) is 26.0 Å². The monoisotopic (exact) mass is 175 g/mol. The molecule has 1 atom stereocenters. The molecule has 1 aromatic rings. The van der Waals surface area contributed by atoms with E-state index in [0.717, 1.165) is 6.42 Å². The zero-order valence-electron chi connectivity index (χ0n) is 8.38. The summed E-state index contributed by atoms with van der Waals surface area (Å²) in [4.78, 5) is 0. The van der Waals surface area contributed by atoms with Gasteiger partial charge < -0.3 is 5.73 Å². The zero-order chi connectivity index (χ0) is 9.84. The Morgan fingerprint density at radius 1 is 1.38 bits per heavy atom.